The van der Waals surface area contributed by atoms with Crippen LogP contribution in [0, 0.1) is 0 Å². The summed E-state index contributed by atoms with van der Waals surface area (Å²) in [5.74, 6) is -0.0986. The summed E-state index contributed by atoms with van der Waals surface area (Å²) >= 11 is 1.72. The molecule has 0 saturated heterocycles. The number of fused-ring (bicyclic) bond motifs is 1. The molecule has 0 atom stereocenters. The smallest absolute Gasteiger partial charge is 0.251 e. The predicted octanol–water partition coefficient (Wildman–Crippen LogP) is 4.54. The van der Waals surface area contributed by atoms with Gasteiger partial charge in [-0.25, -0.2) is 4.98 Å². The van der Waals surface area contributed by atoms with Crippen molar-refractivity contribution in [3.05, 3.63) is 59.1 Å². The maximum absolute atomic E-state index is 12.2. The normalized spacial score (nSPS) is 13.4. The molecule has 144 valence electrons. The number of aryl methyl sites for hydroxylation is 1. The molecule has 2 amide bonds. The van der Waals surface area contributed by atoms with Crippen LogP contribution in [-0.2, 0) is 11.2 Å². The van der Waals surface area contributed by atoms with Crippen molar-refractivity contribution in [1.82, 2.24) is 10.3 Å². The molecule has 1 heterocycles. The Labute approximate surface area is 168 Å². The van der Waals surface area contributed by atoms with Crippen LogP contribution in [0.1, 0.15) is 47.5 Å². The molecule has 1 fully saturated rings. The third kappa shape index (κ3) is 4.95. The molecule has 4 rings (SSSR count). The number of nitrogens with zero attached hydrogens (tertiary/aromatic N) is 1. The number of carbonyl (C=O) groups is 2. The number of unbranched alkanes of at least 4 members (excludes halogenated alkanes) is 1. The summed E-state index contributed by atoms with van der Waals surface area (Å²) in [6.07, 6.45) is 5.20. The van der Waals surface area contributed by atoms with E-state index in [-0.39, 0.29) is 11.8 Å². The van der Waals surface area contributed by atoms with E-state index in [1.165, 1.54) is 4.70 Å². The number of para-hydroxylation sites is 1. The van der Waals surface area contributed by atoms with Crippen LogP contribution in [0.3, 0.4) is 0 Å². The summed E-state index contributed by atoms with van der Waals surface area (Å²) in [6, 6.07) is 15.6. The number of anilines is 1. The van der Waals surface area contributed by atoms with E-state index in [9.17, 15) is 9.59 Å². The number of carbonyl (C=O) groups excluding carboxylic acids is 2. The molecular formula is C22H23N3O2S. The number of thiazole rings is 1. The first-order valence-corrected chi connectivity index (χ1v) is 10.5. The summed E-state index contributed by atoms with van der Waals surface area (Å²) in [6.45, 7) is 0. The lowest BCUT2D eigenvalue weighted by Gasteiger charge is -2.08. The monoisotopic (exact) mass is 393 g/mol. The van der Waals surface area contributed by atoms with Gasteiger partial charge in [0.2, 0.25) is 5.91 Å². The minimum Gasteiger partial charge on any atom is -0.349 e. The van der Waals surface area contributed by atoms with Crippen molar-refractivity contribution < 1.29 is 9.59 Å². The van der Waals surface area contributed by atoms with Crippen LogP contribution in [0.25, 0.3) is 10.2 Å². The Hall–Kier alpha value is -2.73. The van der Waals surface area contributed by atoms with Crippen molar-refractivity contribution in [2.45, 2.75) is 44.6 Å². The van der Waals surface area contributed by atoms with Gasteiger partial charge in [0.1, 0.15) is 0 Å². The predicted molar refractivity (Wildman–Crippen MR) is 113 cm³/mol. The van der Waals surface area contributed by atoms with Crippen LogP contribution in [-0.4, -0.2) is 22.8 Å². The van der Waals surface area contributed by atoms with Gasteiger partial charge in [0, 0.05) is 23.7 Å². The summed E-state index contributed by atoms with van der Waals surface area (Å²) in [7, 11) is 0. The Kier molecular flexibility index (Phi) is 5.67. The van der Waals surface area contributed by atoms with E-state index in [1.54, 1.807) is 29.5 Å². The second kappa shape index (κ2) is 8.52. The van der Waals surface area contributed by atoms with E-state index in [1.807, 2.05) is 24.3 Å². The van der Waals surface area contributed by atoms with E-state index in [2.05, 4.69) is 21.7 Å². The second-order valence-electron chi connectivity index (χ2n) is 7.16. The lowest BCUT2D eigenvalue weighted by molar-refractivity contribution is -0.116. The van der Waals surface area contributed by atoms with Gasteiger partial charge in [-0.3, -0.25) is 9.59 Å². The fourth-order valence-electron chi connectivity index (χ4n) is 3.05. The van der Waals surface area contributed by atoms with E-state index in [0.29, 0.717) is 23.7 Å². The van der Waals surface area contributed by atoms with Crippen LogP contribution in [0.5, 0.6) is 0 Å². The Morgan fingerprint density at radius 3 is 2.75 bits per heavy atom. The quantitative estimate of drug-likeness (QED) is 0.552. The summed E-state index contributed by atoms with van der Waals surface area (Å²) in [4.78, 5) is 29.0. The fourth-order valence-corrected chi connectivity index (χ4v) is 4.06. The lowest BCUT2D eigenvalue weighted by Crippen LogP contribution is -2.25. The van der Waals surface area contributed by atoms with Crippen molar-refractivity contribution in [3.8, 4) is 0 Å². The Morgan fingerprint density at radius 2 is 1.93 bits per heavy atom. The highest BCUT2D eigenvalue weighted by molar-refractivity contribution is 7.18. The standard InChI is InChI=1S/C22H23N3O2S/c26-20(10-3-4-11-21-25-18-8-1-2-9-19(18)28-21)23-17-7-5-6-15(14-17)22(27)24-16-12-13-16/h1-2,5-9,14,16H,3-4,10-13H2,(H,23,26)(H,24,27). The molecule has 0 radical (unpaired) electrons. The zero-order valence-corrected chi connectivity index (χ0v) is 16.4. The van der Waals surface area contributed by atoms with Crippen LogP contribution < -0.4 is 10.6 Å². The maximum Gasteiger partial charge on any atom is 0.251 e. The molecule has 3 aromatic rings. The van der Waals surface area contributed by atoms with E-state index in [0.717, 1.165) is 42.6 Å². The Bertz CT molecular complexity index is 961. The van der Waals surface area contributed by atoms with Crippen molar-refractivity contribution in [2.24, 2.45) is 0 Å². The first-order valence-electron chi connectivity index (χ1n) is 9.72. The third-order valence-corrected chi connectivity index (χ3v) is 5.80. The summed E-state index contributed by atoms with van der Waals surface area (Å²) in [5.41, 5.74) is 2.30. The molecule has 5 nitrogen and oxygen atoms in total. The van der Waals surface area contributed by atoms with Crippen molar-refractivity contribution >= 4 is 39.1 Å². The first kappa shape index (κ1) is 18.6. The Balaban J connectivity index is 1.22. The molecule has 0 bridgehead atoms. The minimum atomic E-state index is -0.0746. The molecule has 2 aromatic carbocycles. The molecule has 0 unspecified atom stereocenters. The number of hydrogen-bond acceptors (Lipinski definition) is 4. The number of amides is 2. The molecule has 1 aromatic heterocycles. The third-order valence-electron chi connectivity index (χ3n) is 4.70. The zero-order chi connectivity index (χ0) is 19.3. The molecule has 0 spiro atoms. The lowest BCUT2D eigenvalue weighted by atomic mass is 10.1. The number of benzene rings is 2. The summed E-state index contributed by atoms with van der Waals surface area (Å²) < 4.78 is 1.21. The van der Waals surface area contributed by atoms with Crippen LogP contribution >= 0.6 is 11.3 Å². The highest BCUT2D eigenvalue weighted by atomic mass is 32.1. The van der Waals surface area contributed by atoms with Crippen molar-refractivity contribution in [2.75, 3.05) is 5.32 Å². The number of nitrogens with one attached hydrogen (secondary N) is 2. The molecule has 1 aliphatic rings. The largest absolute Gasteiger partial charge is 0.349 e. The molecule has 0 aliphatic heterocycles. The zero-order valence-electron chi connectivity index (χ0n) is 15.6. The molecule has 1 aliphatic carbocycles. The number of aromatic nitrogens is 1. The SMILES string of the molecule is O=C(CCCCc1nc2ccccc2s1)Nc1cccc(C(=O)NC2CC2)c1. The van der Waals surface area contributed by atoms with Crippen LogP contribution in [0.15, 0.2) is 48.5 Å². The van der Waals surface area contributed by atoms with E-state index >= 15 is 0 Å². The second-order valence-corrected chi connectivity index (χ2v) is 8.27. The van der Waals surface area contributed by atoms with E-state index in [4.69, 9.17) is 0 Å². The van der Waals surface area contributed by atoms with Crippen LogP contribution in [0.2, 0.25) is 0 Å². The highest BCUT2D eigenvalue weighted by Crippen LogP contribution is 2.23. The van der Waals surface area contributed by atoms with Gasteiger partial charge in [0.05, 0.1) is 15.2 Å². The van der Waals surface area contributed by atoms with Crippen molar-refractivity contribution in [3.63, 3.8) is 0 Å². The van der Waals surface area contributed by atoms with Gasteiger partial charge in [0.15, 0.2) is 0 Å². The molecule has 6 heteroatoms. The topological polar surface area (TPSA) is 71.1 Å². The molecular weight excluding hydrogens is 370 g/mol. The Morgan fingerprint density at radius 1 is 1.07 bits per heavy atom. The molecule has 2 N–H and O–H groups in total. The van der Waals surface area contributed by atoms with Gasteiger partial charge in [-0.1, -0.05) is 18.2 Å². The highest BCUT2D eigenvalue weighted by Gasteiger charge is 2.23. The minimum absolute atomic E-state index is 0.0240. The molecule has 28 heavy (non-hydrogen) atoms. The molecule has 1 saturated carbocycles. The van der Waals surface area contributed by atoms with Gasteiger partial charge in [0.25, 0.3) is 5.91 Å². The number of rotatable bonds is 8. The van der Waals surface area contributed by atoms with Gasteiger partial charge in [-0.15, -0.1) is 11.3 Å². The average Bonchev–Trinajstić information content (AvgIpc) is 3.41. The van der Waals surface area contributed by atoms with Gasteiger partial charge in [-0.2, -0.15) is 0 Å². The van der Waals surface area contributed by atoms with Gasteiger partial charge < -0.3 is 10.6 Å². The van der Waals surface area contributed by atoms with Crippen LogP contribution in [0.4, 0.5) is 5.69 Å². The van der Waals surface area contributed by atoms with Crippen molar-refractivity contribution in [1.29, 1.82) is 0 Å². The van der Waals surface area contributed by atoms with Gasteiger partial charge >= 0.3 is 0 Å². The van der Waals surface area contributed by atoms with E-state index < -0.39 is 0 Å². The van der Waals surface area contributed by atoms with Gasteiger partial charge in [-0.05, 0) is 62.4 Å². The first-order chi connectivity index (χ1) is 13.7. The summed E-state index contributed by atoms with van der Waals surface area (Å²) in [5, 5.41) is 6.98. The average molecular weight is 394 g/mol. The maximum atomic E-state index is 12.2. The fraction of sp³-hybridized carbons (Fsp3) is 0.318. The number of hydrogen-bond donors (Lipinski definition) is 2.